The van der Waals surface area contributed by atoms with Crippen molar-refractivity contribution in [2.75, 3.05) is 18.6 Å². The quantitative estimate of drug-likeness (QED) is 0.379. The van der Waals surface area contributed by atoms with Gasteiger partial charge >= 0.3 is 29.6 Å². The van der Waals surface area contributed by atoms with Crippen LogP contribution < -0.4 is 39.2 Å². The van der Waals surface area contributed by atoms with Crippen molar-refractivity contribution in [1.29, 1.82) is 0 Å². The second-order valence-electron chi connectivity index (χ2n) is 2.55. The molecule has 0 saturated heterocycles. The predicted octanol–water partition coefficient (Wildman–Crippen LogP) is -1.25. The van der Waals surface area contributed by atoms with E-state index in [4.69, 9.17) is 29.6 Å². The molecule has 0 aliphatic carbocycles. The van der Waals surface area contributed by atoms with Crippen molar-refractivity contribution < 1.29 is 34.3 Å². The summed E-state index contributed by atoms with van der Waals surface area (Å²) in [5.41, 5.74) is 0. The minimum atomic E-state index is 0. The van der Waals surface area contributed by atoms with Crippen LogP contribution in [0.25, 0.3) is 0 Å². The van der Waals surface area contributed by atoms with Gasteiger partial charge in [0.2, 0.25) is 5.88 Å². The summed E-state index contributed by atoms with van der Waals surface area (Å²) < 4.78 is 5.41. The molecule has 0 bridgehead atoms. The maximum Gasteiger partial charge on any atom is 1.00 e. The van der Waals surface area contributed by atoms with Crippen molar-refractivity contribution in [2.24, 2.45) is 0 Å². The summed E-state index contributed by atoms with van der Waals surface area (Å²) in [5.74, 6) is 1.29. The van der Waals surface area contributed by atoms with Crippen LogP contribution in [0, 0.1) is 0 Å². The molecule has 0 fully saturated rings. The predicted molar refractivity (Wildman–Crippen MR) is 63.8 cm³/mol. The first-order chi connectivity index (χ1) is 6.69. The van der Waals surface area contributed by atoms with Gasteiger partial charge in [0.05, 0.1) is 7.11 Å². The zero-order valence-corrected chi connectivity index (χ0v) is 12.7. The number of hydrogen-bond acceptors (Lipinski definition) is 4. The standard InChI is InChI=1S/C9H12N2OS2.Na/c1-3-11(9(13)14)7-5-4-6-8(10-7)12-2;/h4-6H,3H2,1-2H3,(H,13,14);/q;+1/p-1. The molecule has 1 heterocycles. The Morgan fingerprint density at radius 2 is 2.27 bits per heavy atom. The maximum absolute atomic E-state index is 5.01. The largest absolute Gasteiger partial charge is 1.00 e. The average molecular weight is 250 g/mol. The molecule has 15 heavy (non-hydrogen) atoms. The van der Waals surface area contributed by atoms with E-state index in [1.807, 2.05) is 19.1 Å². The molecule has 0 aromatic carbocycles. The minimum absolute atomic E-state index is 0. The van der Waals surface area contributed by atoms with Crippen molar-refractivity contribution >= 4 is 35.0 Å². The summed E-state index contributed by atoms with van der Waals surface area (Å²) in [5, 5.41) is 0. The third kappa shape index (κ3) is 4.20. The van der Waals surface area contributed by atoms with Crippen LogP contribution in [0.2, 0.25) is 0 Å². The summed E-state index contributed by atoms with van der Waals surface area (Å²) in [6.07, 6.45) is 0. The van der Waals surface area contributed by atoms with Crippen LogP contribution in [0.4, 0.5) is 5.82 Å². The Labute approximate surface area is 123 Å². The van der Waals surface area contributed by atoms with Crippen LogP contribution in [0.1, 0.15) is 6.92 Å². The topological polar surface area (TPSA) is 25.4 Å². The van der Waals surface area contributed by atoms with E-state index < -0.39 is 0 Å². The summed E-state index contributed by atoms with van der Waals surface area (Å²) in [6, 6.07) is 5.49. The van der Waals surface area contributed by atoms with Gasteiger partial charge in [-0.2, -0.15) is 4.98 Å². The number of ether oxygens (including phenoxy) is 1. The number of aromatic nitrogens is 1. The van der Waals surface area contributed by atoms with Gasteiger partial charge in [0, 0.05) is 12.6 Å². The molecule has 0 unspecified atom stereocenters. The van der Waals surface area contributed by atoms with Crippen molar-refractivity contribution in [2.45, 2.75) is 6.92 Å². The second-order valence-corrected chi connectivity index (χ2v) is 3.58. The third-order valence-corrected chi connectivity index (χ3v) is 2.17. The van der Waals surface area contributed by atoms with E-state index in [1.54, 1.807) is 18.1 Å². The van der Waals surface area contributed by atoms with E-state index in [-0.39, 0.29) is 29.6 Å². The molecule has 3 nitrogen and oxygen atoms in total. The molecule has 1 rings (SSSR count). The smallest absolute Gasteiger partial charge is 0.481 e. The first-order valence-electron chi connectivity index (χ1n) is 4.18. The molecule has 6 heteroatoms. The first-order valence-corrected chi connectivity index (χ1v) is 5.00. The molecule has 0 aliphatic rings. The normalized spacial score (nSPS) is 8.93. The van der Waals surface area contributed by atoms with Gasteiger partial charge in [-0.1, -0.05) is 10.4 Å². The van der Waals surface area contributed by atoms with Gasteiger partial charge in [0.15, 0.2) is 0 Å². The molecular weight excluding hydrogens is 239 g/mol. The van der Waals surface area contributed by atoms with Crippen molar-refractivity contribution in [3.63, 3.8) is 0 Å². The van der Waals surface area contributed by atoms with E-state index in [1.165, 1.54) is 0 Å². The summed E-state index contributed by atoms with van der Waals surface area (Å²) in [4.78, 5) is 6.00. The third-order valence-electron chi connectivity index (χ3n) is 1.73. The molecule has 76 valence electrons. The van der Waals surface area contributed by atoms with Crippen LogP contribution in [0.3, 0.4) is 0 Å². The zero-order valence-electron chi connectivity index (χ0n) is 9.06. The van der Waals surface area contributed by atoms with Crippen LogP contribution in [-0.2, 0) is 12.6 Å². The fraction of sp³-hybridized carbons (Fsp3) is 0.333. The number of nitrogens with zero attached hydrogens (tertiary/aromatic N) is 2. The Bertz CT molecular complexity index is 336. The van der Waals surface area contributed by atoms with E-state index in [0.717, 1.165) is 5.82 Å². The number of thiocarbonyl (C=S) groups is 1. The van der Waals surface area contributed by atoms with Crippen LogP contribution in [0.5, 0.6) is 5.88 Å². The minimum Gasteiger partial charge on any atom is -0.481 e. The molecule has 0 saturated carbocycles. The second kappa shape index (κ2) is 7.35. The summed E-state index contributed by atoms with van der Waals surface area (Å²) in [7, 11) is 1.58. The molecular formula is C9H11N2NaOS2. The molecule has 0 amide bonds. The van der Waals surface area contributed by atoms with Gasteiger partial charge in [0.1, 0.15) is 5.82 Å². The van der Waals surface area contributed by atoms with Crippen molar-refractivity contribution in [1.82, 2.24) is 4.98 Å². The SMILES string of the molecule is CCN(C(=S)[S-])c1cccc(OC)n1.[Na+]. The van der Waals surface area contributed by atoms with Crippen LogP contribution >= 0.6 is 12.2 Å². The van der Waals surface area contributed by atoms with Gasteiger partial charge in [-0.05, 0) is 13.0 Å². The fourth-order valence-corrected chi connectivity index (χ4v) is 1.50. The number of methoxy groups -OCH3 is 1. The van der Waals surface area contributed by atoms with Gasteiger partial charge in [0.25, 0.3) is 0 Å². The number of anilines is 1. The van der Waals surface area contributed by atoms with Crippen molar-refractivity contribution in [3.8, 4) is 5.88 Å². The van der Waals surface area contributed by atoms with Crippen molar-refractivity contribution in [3.05, 3.63) is 18.2 Å². The Morgan fingerprint density at radius 3 is 2.73 bits per heavy atom. The van der Waals surface area contributed by atoms with Crippen LogP contribution in [-0.4, -0.2) is 23.0 Å². The number of pyridine rings is 1. The van der Waals surface area contributed by atoms with E-state index in [9.17, 15) is 0 Å². The zero-order chi connectivity index (χ0) is 10.6. The molecule has 0 atom stereocenters. The molecule has 0 spiro atoms. The Hall–Kier alpha value is 0.0600. The summed E-state index contributed by atoms with van der Waals surface area (Å²) >= 11 is 9.88. The molecule has 0 radical (unpaired) electrons. The van der Waals surface area contributed by atoms with E-state index in [2.05, 4.69) is 4.98 Å². The van der Waals surface area contributed by atoms with Gasteiger partial charge in [-0.3, -0.25) is 0 Å². The molecule has 1 aromatic heterocycles. The number of rotatable bonds is 3. The molecule has 0 aliphatic heterocycles. The van der Waals surface area contributed by atoms with Gasteiger partial charge < -0.3 is 34.5 Å². The molecule has 0 N–H and O–H groups in total. The molecule has 1 aromatic rings. The monoisotopic (exact) mass is 250 g/mol. The van der Waals surface area contributed by atoms with E-state index >= 15 is 0 Å². The maximum atomic E-state index is 5.01. The number of hydrogen-bond donors (Lipinski definition) is 0. The average Bonchev–Trinajstić information content (AvgIpc) is 2.19. The fourth-order valence-electron chi connectivity index (χ4n) is 1.05. The Morgan fingerprint density at radius 1 is 1.60 bits per heavy atom. The van der Waals surface area contributed by atoms with Crippen LogP contribution in [0.15, 0.2) is 18.2 Å². The summed E-state index contributed by atoms with van der Waals surface area (Å²) in [6.45, 7) is 2.68. The first kappa shape index (κ1) is 15.1. The van der Waals surface area contributed by atoms with Gasteiger partial charge in [-0.25, -0.2) is 0 Å². The van der Waals surface area contributed by atoms with E-state index in [0.29, 0.717) is 16.7 Å². The van der Waals surface area contributed by atoms with Gasteiger partial charge in [-0.15, -0.1) is 0 Å². The Balaban J connectivity index is 0.00000196. The Kier molecular flexibility index (Phi) is 7.38.